The summed E-state index contributed by atoms with van der Waals surface area (Å²) in [7, 11) is 0. The van der Waals surface area contributed by atoms with Crippen LogP contribution in [-0.2, 0) is 11.2 Å². The van der Waals surface area contributed by atoms with Crippen molar-refractivity contribution in [1.29, 1.82) is 0 Å². The fourth-order valence-corrected chi connectivity index (χ4v) is 3.41. The predicted molar refractivity (Wildman–Crippen MR) is 83.8 cm³/mol. The molecule has 0 radical (unpaired) electrons. The molecule has 0 spiro atoms. The quantitative estimate of drug-likeness (QED) is 0.945. The van der Waals surface area contributed by atoms with E-state index in [0.717, 1.165) is 36.1 Å². The van der Waals surface area contributed by atoms with Gasteiger partial charge in [0.05, 0.1) is 11.8 Å². The molecule has 1 saturated carbocycles. The van der Waals surface area contributed by atoms with E-state index in [2.05, 4.69) is 0 Å². The molecular weight excluding hydrogens is 292 g/mol. The molecule has 5 heteroatoms. The largest absolute Gasteiger partial charge is 0.468 e. The Morgan fingerprint density at radius 1 is 1.17 bits per heavy atom. The number of primary amides is 1. The van der Waals surface area contributed by atoms with Gasteiger partial charge in [-0.2, -0.15) is 0 Å². The van der Waals surface area contributed by atoms with Crippen LogP contribution in [0.15, 0.2) is 41.0 Å². The molecule has 2 heterocycles. The summed E-state index contributed by atoms with van der Waals surface area (Å²) >= 11 is 0. The Morgan fingerprint density at radius 3 is 2.70 bits per heavy atom. The second-order valence-corrected chi connectivity index (χ2v) is 6.23. The van der Waals surface area contributed by atoms with Gasteiger partial charge in [-0.15, -0.1) is 0 Å². The number of hydrogen-bond donors (Lipinski definition) is 1. The van der Waals surface area contributed by atoms with Gasteiger partial charge >= 0.3 is 0 Å². The van der Waals surface area contributed by atoms with Gasteiger partial charge in [0, 0.05) is 12.5 Å². The lowest BCUT2D eigenvalue weighted by atomic mass is 9.91. The molecule has 1 fully saturated rings. The number of rotatable bonds is 3. The first-order valence-corrected chi connectivity index (χ1v) is 7.92. The Labute approximate surface area is 134 Å². The lowest BCUT2D eigenvalue weighted by Crippen LogP contribution is -2.45. The maximum absolute atomic E-state index is 13.0. The van der Waals surface area contributed by atoms with E-state index in [-0.39, 0.29) is 5.91 Å². The van der Waals surface area contributed by atoms with E-state index in [1.807, 2.05) is 24.3 Å². The molecule has 1 aliphatic heterocycles. The van der Waals surface area contributed by atoms with Crippen LogP contribution in [0, 0.1) is 0 Å². The third kappa shape index (κ3) is 2.32. The molecule has 2 N–H and O–H groups in total. The predicted octanol–water partition coefficient (Wildman–Crippen LogP) is 2.38. The van der Waals surface area contributed by atoms with Gasteiger partial charge in [0.1, 0.15) is 11.8 Å². The highest BCUT2D eigenvalue weighted by atomic mass is 16.3. The summed E-state index contributed by atoms with van der Waals surface area (Å²) in [6, 6.07) is 8.66. The summed E-state index contributed by atoms with van der Waals surface area (Å²) in [4.78, 5) is 26.6. The summed E-state index contributed by atoms with van der Waals surface area (Å²) in [6.07, 6.45) is 4.38. The molecule has 2 aliphatic rings. The first kappa shape index (κ1) is 14.1. The Balaban J connectivity index is 1.71. The standard InChI is InChI=1S/C18H18N2O3/c19-17(21)15-13-4-2-1-3-11(13)7-9-20(15)18(22)14-8-10-23-16(14)12-5-6-12/h1-4,8,10,12,15H,5-7,9H2,(H2,19,21). The zero-order chi connectivity index (χ0) is 16.0. The monoisotopic (exact) mass is 310 g/mol. The number of nitrogens with two attached hydrogens (primary N) is 1. The molecule has 1 atom stereocenters. The summed E-state index contributed by atoms with van der Waals surface area (Å²) in [5.41, 5.74) is 8.09. The van der Waals surface area contributed by atoms with Crippen molar-refractivity contribution in [3.63, 3.8) is 0 Å². The average Bonchev–Trinajstić information content (AvgIpc) is 3.29. The minimum atomic E-state index is -0.714. The van der Waals surface area contributed by atoms with E-state index >= 15 is 0 Å². The van der Waals surface area contributed by atoms with Crippen molar-refractivity contribution in [3.05, 3.63) is 59.0 Å². The SMILES string of the molecule is NC(=O)C1c2ccccc2CCN1C(=O)c1ccoc1C1CC1. The maximum atomic E-state index is 13.0. The highest BCUT2D eigenvalue weighted by Gasteiger charge is 2.38. The number of carbonyl (C=O) groups excluding carboxylic acids is 2. The molecule has 5 nitrogen and oxygen atoms in total. The van der Waals surface area contributed by atoms with Crippen molar-refractivity contribution in [2.75, 3.05) is 6.54 Å². The molecule has 2 aromatic rings. The van der Waals surface area contributed by atoms with E-state index in [4.69, 9.17) is 10.2 Å². The Morgan fingerprint density at radius 2 is 1.96 bits per heavy atom. The van der Waals surface area contributed by atoms with Crippen LogP contribution in [0.3, 0.4) is 0 Å². The lowest BCUT2D eigenvalue weighted by Gasteiger charge is -2.35. The maximum Gasteiger partial charge on any atom is 0.258 e. The van der Waals surface area contributed by atoms with Crippen molar-refractivity contribution < 1.29 is 14.0 Å². The average molecular weight is 310 g/mol. The normalized spacial score (nSPS) is 20.2. The van der Waals surface area contributed by atoms with Gasteiger partial charge in [0.15, 0.2) is 0 Å². The molecule has 1 aromatic carbocycles. The topological polar surface area (TPSA) is 76.5 Å². The van der Waals surface area contributed by atoms with Crippen molar-refractivity contribution in [1.82, 2.24) is 4.90 Å². The van der Waals surface area contributed by atoms with Crippen LogP contribution in [0.2, 0.25) is 0 Å². The summed E-state index contributed by atoms with van der Waals surface area (Å²) < 4.78 is 5.50. The van der Waals surface area contributed by atoms with E-state index in [1.165, 1.54) is 0 Å². The highest BCUT2D eigenvalue weighted by Crippen LogP contribution is 2.43. The van der Waals surface area contributed by atoms with Gasteiger partial charge in [-0.3, -0.25) is 9.59 Å². The van der Waals surface area contributed by atoms with E-state index < -0.39 is 11.9 Å². The summed E-state index contributed by atoms with van der Waals surface area (Å²) in [5, 5.41) is 0. The molecule has 0 bridgehead atoms. The minimum Gasteiger partial charge on any atom is -0.468 e. The highest BCUT2D eigenvalue weighted by molar-refractivity contribution is 5.99. The van der Waals surface area contributed by atoms with Crippen LogP contribution < -0.4 is 5.73 Å². The van der Waals surface area contributed by atoms with Gasteiger partial charge in [-0.25, -0.2) is 0 Å². The number of furan rings is 1. The molecule has 1 aromatic heterocycles. The third-order valence-corrected chi connectivity index (χ3v) is 4.69. The van der Waals surface area contributed by atoms with Crippen LogP contribution in [-0.4, -0.2) is 23.3 Å². The second kappa shape index (κ2) is 5.26. The molecule has 118 valence electrons. The summed E-state index contributed by atoms with van der Waals surface area (Å²) in [5.74, 6) is 0.422. The molecule has 23 heavy (non-hydrogen) atoms. The van der Waals surface area contributed by atoms with E-state index in [1.54, 1.807) is 17.2 Å². The number of nitrogens with zero attached hydrogens (tertiary/aromatic N) is 1. The number of amides is 2. The third-order valence-electron chi connectivity index (χ3n) is 4.69. The van der Waals surface area contributed by atoms with E-state index in [9.17, 15) is 9.59 Å². The molecule has 0 saturated heterocycles. The van der Waals surface area contributed by atoms with Crippen molar-refractivity contribution in [2.24, 2.45) is 5.73 Å². The van der Waals surface area contributed by atoms with Crippen molar-refractivity contribution in [2.45, 2.75) is 31.2 Å². The van der Waals surface area contributed by atoms with Crippen molar-refractivity contribution >= 4 is 11.8 Å². The van der Waals surface area contributed by atoms with Crippen molar-refractivity contribution in [3.8, 4) is 0 Å². The zero-order valence-electron chi connectivity index (χ0n) is 12.7. The van der Waals surface area contributed by atoms with Crippen LogP contribution in [0.25, 0.3) is 0 Å². The Kier molecular flexibility index (Phi) is 3.22. The van der Waals surface area contributed by atoms with Crippen LogP contribution in [0.5, 0.6) is 0 Å². The van der Waals surface area contributed by atoms with E-state index in [0.29, 0.717) is 18.0 Å². The summed E-state index contributed by atoms with van der Waals surface area (Å²) in [6.45, 7) is 0.485. The van der Waals surface area contributed by atoms with Crippen LogP contribution >= 0.6 is 0 Å². The molecule has 1 aliphatic carbocycles. The van der Waals surface area contributed by atoms with Gasteiger partial charge in [0.25, 0.3) is 5.91 Å². The molecule has 2 amide bonds. The number of carbonyl (C=O) groups is 2. The van der Waals surface area contributed by atoms with Crippen LogP contribution in [0.1, 0.15) is 52.0 Å². The number of hydrogen-bond acceptors (Lipinski definition) is 3. The Bertz CT molecular complexity index is 776. The second-order valence-electron chi connectivity index (χ2n) is 6.23. The zero-order valence-corrected chi connectivity index (χ0v) is 12.7. The number of fused-ring (bicyclic) bond motifs is 1. The number of benzene rings is 1. The van der Waals surface area contributed by atoms with Crippen LogP contribution in [0.4, 0.5) is 0 Å². The van der Waals surface area contributed by atoms with Gasteiger partial charge in [-0.05, 0) is 36.5 Å². The fourth-order valence-electron chi connectivity index (χ4n) is 3.41. The smallest absolute Gasteiger partial charge is 0.258 e. The minimum absolute atomic E-state index is 0.168. The molecule has 4 rings (SSSR count). The lowest BCUT2D eigenvalue weighted by molar-refractivity contribution is -0.123. The van der Waals surface area contributed by atoms with Gasteiger partial charge < -0.3 is 15.1 Å². The molecular formula is C18H18N2O3. The first-order valence-electron chi connectivity index (χ1n) is 7.92. The fraction of sp³-hybridized carbons (Fsp3) is 0.333. The van der Waals surface area contributed by atoms with Gasteiger partial charge in [0.2, 0.25) is 5.91 Å². The first-order chi connectivity index (χ1) is 11.2. The molecule has 1 unspecified atom stereocenters. The van der Waals surface area contributed by atoms with Gasteiger partial charge in [-0.1, -0.05) is 24.3 Å². The Hall–Kier alpha value is -2.56.